The minimum Gasteiger partial charge on any atom is -0.477 e. The number of carbonyl (C=O) groups excluding carboxylic acids is 1. The zero-order valence-corrected chi connectivity index (χ0v) is 15.6. The van der Waals surface area contributed by atoms with Crippen LogP contribution in [0.5, 0.6) is 5.88 Å². The van der Waals surface area contributed by atoms with E-state index in [0.717, 1.165) is 37.7 Å². The SMILES string of the molecule is Cl.O=C(/C=N/O)c1ccc(OCC2[C@H]3CN(Cc4ccccc4)C[C@@H]23)nc1. The number of ketones is 1. The molecule has 27 heavy (non-hydrogen) atoms. The molecule has 2 aromatic rings. The van der Waals surface area contributed by atoms with Gasteiger partial charge in [0.1, 0.15) is 6.21 Å². The highest BCUT2D eigenvalue weighted by atomic mass is 35.5. The summed E-state index contributed by atoms with van der Waals surface area (Å²) in [6.07, 6.45) is 2.29. The first-order valence-corrected chi connectivity index (χ1v) is 8.81. The lowest BCUT2D eigenvalue weighted by molar-refractivity contribution is 0.106. The van der Waals surface area contributed by atoms with Gasteiger partial charge in [-0.15, -0.1) is 12.4 Å². The van der Waals surface area contributed by atoms with Crippen LogP contribution in [0.25, 0.3) is 0 Å². The number of oxime groups is 1. The summed E-state index contributed by atoms with van der Waals surface area (Å²) in [7, 11) is 0. The van der Waals surface area contributed by atoms with Crippen molar-refractivity contribution in [3.05, 3.63) is 59.8 Å². The van der Waals surface area contributed by atoms with E-state index in [1.54, 1.807) is 12.1 Å². The maximum Gasteiger partial charge on any atom is 0.213 e. The van der Waals surface area contributed by atoms with E-state index in [4.69, 9.17) is 9.94 Å². The van der Waals surface area contributed by atoms with Gasteiger partial charge in [-0.05, 0) is 23.5 Å². The predicted molar refractivity (Wildman–Crippen MR) is 104 cm³/mol. The quantitative estimate of drug-likeness (QED) is 0.342. The molecular weight excluding hydrogens is 366 g/mol. The zero-order valence-electron chi connectivity index (χ0n) is 14.8. The van der Waals surface area contributed by atoms with E-state index >= 15 is 0 Å². The number of hydrogen-bond acceptors (Lipinski definition) is 6. The Morgan fingerprint density at radius 2 is 1.96 bits per heavy atom. The third-order valence-corrected chi connectivity index (χ3v) is 5.32. The number of rotatable bonds is 7. The molecule has 0 radical (unpaired) electrons. The Balaban J connectivity index is 0.00000210. The molecule has 1 aromatic heterocycles. The number of ether oxygens (including phenoxy) is 1. The molecule has 3 atom stereocenters. The Morgan fingerprint density at radius 3 is 2.59 bits per heavy atom. The molecule has 2 fully saturated rings. The molecule has 1 saturated heterocycles. The lowest BCUT2D eigenvalue weighted by Gasteiger charge is -2.19. The second-order valence-corrected chi connectivity index (χ2v) is 6.98. The maximum absolute atomic E-state index is 11.5. The highest BCUT2D eigenvalue weighted by Crippen LogP contribution is 2.51. The van der Waals surface area contributed by atoms with Crippen molar-refractivity contribution in [2.75, 3.05) is 19.7 Å². The largest absolute Gasteiger partial charge is 0.477 e. The lowest BCUT2D eigenvalue weighted by atomic mass is 10.2. The van der Waals surface area contributed by atoms with Crippen LogP contribution in [0.15, 0.2) is 53.8 Å². The van der Waals surface area contributed by atoms with Crippen molar-refractivity contribution < 1.29 is 14.7 Å². The summed E-state index contributed by atoms with van der Waals surface area (Å²) < 4.78 is 5.79. The maximum atomic E-state index is 11.5. The highest BCUT2D eigenvalue weighted by molar-refractivity contribution is 6.35. The van der Waals surface area contributed by atoms with Gasteiger partial charge in [0.15, 0.2) is 0 Å². The Kier molecular flexibility index (Phi) is 6.08. The number of piperidine rings is 1. The summed E-state index contributed by atoms with van der Waals surface area (Å²) in [6, 6.07) is 13.9. The third-order valence-electron chi connectivity index (χ3n) is 5.32. The smallest absolute Gasteiger partial charge is 0.213 e. The Labute approximate surface area is 164 Å². The monoisotopic (exact) mass is 387 g/mol. The Hall–Kier alpha value is -2.44. The second kappa shape index (κ2) is 8.50. The minimum absolute atomic E-state index is 0. The van der Waals surface area contributed by atoms with Crippen LogP contribution in [0.2, 0.25) is 0 Å². The summed E-state index contributed by atoms with van der Waals surface area (Å²) >= 11 is 0. The van der Waals surface area contributed by atoms with Crippen LogP contribution in [0, 0.1) is 17.8 Å². The van der Waals surface area contributed by atoms with Gasteiger partial charge in [0.2, 0.25) is 11.7 Å². The predicted octanol–water partition coefficient (Wildman–Crippen LogP) is 2.90. The van der Waals surface area contributed by atoms with Crippen molar-refractivity contribution >= 4 is 24.4 Å². The zero-order chi connectivity index (χ0) is 17.9. The van der Waals surface area contributed by atoms with Crippen molar-refractivity contribution in [2.45, 2.75) is 6.54 Å². The fourth-order valence-electron chi connectivity index (χ4n) is 3.87. The molecule has 0 bridgehead atoms. The van der Waals surface area contributed by atoms with Crippen molar-refractivity contribution in [2.24, 2.45) is 22.9 Å². The molecule has 142 valence electrons. The first-order valence-electron chi connectivity index (χ1n) is 8.81. The molecule has 2 heterocycles. The first kappa shape index (κ1) is 19.3. The van der Waals surface area contributed by atoms with E-state index in [0.29, 0.717) is 24.0 Å². The first-order chi connectivity index (χ1) is 12.7. The van der Waals surface area contributed by atoms with Crippen molar-refractivity contribution in [1.82, 2.24) is 9.88 Å². The number of aromatic nitrogens is 1. The van der Waals surface area contributed by atoms with Gasteiger partial charge in [-0.2, -0.15) is 0 Å². The topological polar surface area (TPSA) is 75.0 Å². The van der Waals surface area contributed by atoms with Crippen molar-refractivity contribution in [3.8, 4) is 5.88 Å². The van der Waals surface area contributed by atoms with Crippen molar-refractivity contribution in [3.63, 3.8) is 0 Å². The highest BCUT2D eigenvalue weighted by Gasteiger charge is 2.55. The van der Waals surface area contributed by atoms with Gasteiger partial charge in [0, 0.05) is 43.4 Å². The van der Waals surface area contributed by atoms with E-state index in [1.807, 2.05) is 0 Å². The molecule has 4 rings (SSSR count). The summed E-state index contributed by atoms with van der Waals surface area (Å²) in [5.41, 5.74) is 1.74. The van der Waals surface area contributed by atoms with Crippen molar-refractivity contribution in [1.29, 1.82) is 0 Å². The lowest BCUT2D eigenvalue weighted by Crippen LogP contribution is -2.25. The molecule has 0 amide bonds. The normalized spacial score (nSPS) is 23.6. The third kappa shape index (κ3) is 4.46. The molecule has 1 aliphatic heterocycles. The number of likely N-dealkylation sites (tertiary alicyclic amines) is 1. The number of hydrogen-bond donors (Lipinski definition) is 1. The van der Waals surface area contributed by atoms with Crippen LogP contribution >= 0.6 is 12.4 Å². The van der Waals surface area contributed by atoms with Gasteiger partial charge in [0.25, 0.3) is 0 Å². The van der Waals surface area contributed by atoms with E-state index in [2.05, 4.69) is 45.4 Å². The fraction of sp³-hybridized carbons (Fsp3) is 0.350. The van der Waals surface area contributed by atoms with Gasteiger partial charge in [-0.3, -0.25) is 9.69 Å². The molecule has 1 saturated carbocycles. The van der Waals surface area contributed by atoms with Crippen LogP contribution in [0.3, 0.4) is 0 Å². The molecule has 0 spiro atoms. The number of halogens is 1. The van der Waals surface area contributed by atoms with Crippen LogP contribution in [-0.4, -0.2) is 46.8 Å². The van der Waals surface area contributed by atoms with E-state index in [1.165, 1.54) is 11.8 Å². The van der Waals surface area contributed by atoms with E-state index < -0.39 is 0 Å². The molecule has 1 aromatic carbocycles. The second-order valence-electron chi connectivity index (χ2n) is 6.98. The molecular formula is C20H22ClN3O3. The number of benzene rings is 1. The van der Waals surface area contributed by atoms with E-state index in [-0.39, 0.29) is 18.2 Å². The number of Topliss-reactive ketones (excluding diaryl/α,β-unsaturated/α-hetero) is 1. The Bertz CT molecular complexity index is 786. The molecule has 1 N–H and O–H groups in total. The number of nitrogens with zero attached hydrogens (tertiary/aromatic N) is 3. The van der Waals surface area contributed by atoms with Gasteiger partial charge in [-0.1, -0.05) is 35.5 Å². The number of fused-ring (bicyclic) bond motifs is 1. The minimum atomic E-state index is -0.387. The Morgan fingerprint density at radius 1 is 1.22 bits per heavy atom. The molecule has 1 unspecified atom stereocenters. The van der Waals surface area contributed by atoms with E-state index in [9.17, 15) is 4.79 Å². The number of pyridine rings is 1. The summed E-state index contributed by atoms with van der Waals surface area (Å²) in [4.78, 5) is 18.2. The van der Waals surface area contributed by atoms with Gasteiger partial charge >= 0.3 is 0 Å². The van der Waals surface area contributed by atoms with Gasteiger partial charge in [0.05, 0.1) is 6.61 Å². The van der Waals surface area contributed by atoms with Gasteiger partial charge < -0.3 is 9.94 Å². The van der Waals surface area contributed by atoms with Crippen LogP contribution in [-0.2, 0) is 6.54 Å². The fourth-order valence-corrected chi connectivity index (χ4v) is 3.87. The summed E-state index contributed by atoms with van der Waals surface area (Å²) in [6.45, 7) is 3.96. The molecule has 6 nitrogen and oxygen atoms in total. The van der Waals surface area contributed by atoms with Crippen LogP contribution in [0.1, 0.15) is 15.9 Å². The summed E-state index contributed by atoms with van der Waals surface area (Å²) in [5, 5.41) is 11.1. The van der Waals surface area contributed by atoms with Crippen LogP contribution < -0.4 is 4.74 Å². The molecule has 2 aliphatic rings. The molecule has 1 aliphatic carbocycles. The summed E-state index contributed by atoms with van der Waals surface area (Å²) in [5.74, 6) is 2.18. The standard InChI is InChI=1S/C20H21N3O3.ClH/c24-19(9-22-25)15-6-7-20(21-8-15)26-13-18-16-11-23(12-17(16)18)10-14-4-2-1-3-5-14;/h1-9,16-18,25H,10-13H2;1H/b22-9+;/t16-,17+,18?;. The average molecular weight is 388 g/mol. The molecule has 7 heteroatoms. The number of carbonyl (C=O) groups is 1. The van der Waals surface area contributed by atoms with Crippen LogP contribution in [0.4, 0.5) is 0 Å². The average Bonchev–Trinajstić information content (AvgIpc) is 3.12. The van der Waals surface area contributed by atoms with Gasteiger partial charge in [-0.25, -0.2) is 4.98 Å².